The van der Waals surface area contributed by atoms with E-state index < -0.39 is 17.8 Å². The van der Waals surface area contributed by atoms with Crippen LogP contribution in [0.5, 0.6) is 5.75 Å². The van der Waals surface area contributed by atoms with Gasteiger partial charge in [-0.2, -0.15) is 0 Å². The summed E-state index contributed by atoms with van der Waals surface area (Å²) in [6.07, 6.45) is 0. The Morgan fingerprint density at radius 1 is 1.25 bits per heavy atom. The standard InChI is InChI=1S/C8H11O2PS/c1-11(2)12(9)10-8-6-4-3-5-7-8/h3-7H,1-2H3. The molecule has 0 spiro atoms. The summed E-state index contributed by atoms with van der Waals surface area (Å²) in [6.45, 7) is 3.85. The molecule has 1 rings (SSSR count). The molecule has 0 fully saturated rings. The van der Waals surface area contributed by atoms with E-state index in [1.165, 1.54) is 0 Å². The molecular weight excluding hydrogens is 191 g/mol. The Labute approximate surface area is 76.1 Å². The molecule has 2 nitrogen and oxygen atoms in total. The summed E-state index contributed by atoms with van der Waals surface area (Å²) >= 11 is 0. The molecule has 4 heteroatoms. The maximum atomic E-state index is 11.2. The van der Waals surface area contributed by atoms with Gasteiger partial charge in [-0.15, -0.1) is 0 Å². The number of benzene rings is 1. The average molecular weight is 202 g/mol. The van der Waals surface area contributed by atoms with Crippen molar-refractivity contribution in [2.24, 2.45) is 0 Å². The molecule has 0 aliphatic rings. The lowest BCUT2D eigenvalue weighted by Crippen LogP contribution is -1.96. The zero-order chi connectivity index (χ0) is 8.97. The third kappa shape index (κ3) is 2.92. The molecule has 1 aromatic rings. The molecule has 1 unspecified atom stereocenters. The summed E-state index contributed by atoms with van der Waals surface area (Å²) in [5.41, 5.74) is 0. The lowest BCUT2D eigenvalue weighted by Gasteiger charge is -2.06. The van der Waals surface area contributed by atoms with Crippen molar-refractivity contribution < 1.29 is 8.39 Å². The van der Waals surface area contributed by atoms with E-state index in [9.17, 15) is 4.21 Å². The minimum absolute atomic E-state index is 0.535. The summed E-state index contributed by atoms with van der Waals surface area (Å²) in [5.74, 6) is 0.673. The van der Waals surface area contributed by atoms with Gasteiger partial charge >= 0.3 is 0 Å². The molecule has 0 saturated carbocycles. The Balaban J connectivity index is 2.59. The van der Waals surface area contributed by atoms with Crippen LogP contribution >= 0.6 is 7.12 Å². The lowest BCUT2D eigenvalue weighted by molar-refractivity contribution is 0.576. The maximum Gasteiger partial charge on any atom is 0.226 e. The fraction of sp³-hybridized carbons (Fsp3) is 0.250. The van der Waals surface area contributed by atoms with Crippen LogP contribution in [0.4, 0.5) is 0 Å². The summed E-state index contributed by atoms with van der Waals surface area (Å²) in [7, 11) is -1.69. The molecule has 66 valence electrons. The van der Waals surface area contributed by atoms with Crippen LogP contribution in [0, 0.1) is 0 Å². The predicted molar refractivity (Wildman–Crippen MR) is 54.0 cm³/mol. The van der Waals surface area contributed by atoms with Crippen molar-refractivity contribution in [1.82, 2.24) is 0 Å². The molecule has 0 amide bonds. The van der Waals surface area contributed by atoms with E-state index in [2.05, 4.69) is 0 Å². The van der Waals surface area contributed by atoms with E-state index >= 15 is 0 Å². The molecule has 0 aliphatic heterocycles. The molecule has 12 heavy (non-hydrogen) atoms. The van der Waals surface area contributed by atoms with E-state index in [0.29, 0.717) is 5.75 Å². The lowest BCUT2D eigenvalue weighted by atomic mass is 10.3. The van der Waals surface area contributed by atoms with Crippen LogP contribution in [0.1, 0.15) is 0 Å². The summed E-state index contributed by atoms with van der Waals surface area (Å²) in [4.78, 5) is 0. The first-order valence-electron chi connectivity index (χ1n) is 3.53. The van der Waals surface area contributed by atoms with Gasteiger partial charge in [-0.25, -0.2) is 4.21 Å². The highest BCUT2D eigenvalue weighted by atomic mass is 32.8. The van der Waals surface area contributed by atoms with Gasteiger partial charge in [0, 0.05) is 7.12 Å². The molecule has 0 heterocycles. The van der Waals surface area contributed by atoms with Crippen molar-refractivity contribution in [3.63, 3.8) is 0 Å². The van der Waals surface area contributed by atoms with Crippen molar-refractivity contribution >= 4 is 17.8 Å². The van der Waals surface area contributed by atoms with Crippen LogP contribution in [-0.2, 0) is 10.7 Å². The minimum Gasteiger partial charge on any atom is -0.398 e. The normalized spacial score (nSPS) is 12.9. The molecule has 0 saturated heterocycles. The van der Waals surface area contributed by atoms with Crippen molar-refractivity contribution in [2.45, 2.75) is 0 Å². The smallest absolute Gasteiger partial charge is 0.226 e. The van der Waals surface area contributed by atoms with E-state index in [0.717, 1.165) is 0 Å². The highest BCUT2D eigenvalue weighted by Crippen LogP contribution is 2.31. The second kappa shape index (κ2) is 4.58. The van der Waals surface area contributed by atoms with Gasteiger partial charge in [0.1, 0.15) is 5.75 Å². The van der Waals surface area contributed by atoms with Gasteiger partial charge < -0.3 is 4.18 Å². The van der Waals surface area contributed by atoms with Crippen LogP contribution in [-0.4, -0.2) is 17.5 Å². The van der Waals surface area contributed by atoms with Crippen LogP contribution in [0.2, 0.25) is 0 Å². The van der Waals surface area contributed by atoms with E-state index in [4.69, 9.17) is 4.18 Å². The fourth-order valence-corrected chi connectivity index (χ4v) is 1.76. The Morgan fingerprint density at radius 3 is 2.33 bits per heavy atom. The summed E-state index contributed by atoms with van der Waals surface area (Å²) < 4.78 is 16.4. The largest absolute Gasteiger partial charge is 0.398 e. The zero-order valence-electron chi connectivity index (χ0n) is 7.06. The van der Waals surface area contributed by atoms with Gasteiger partial charge in [0.2, 0.25) is 10.7 Å². The molecule has 0 bridgehead atoms. The van der Waals surface area contributed by atoms with Crippen molar-refractivity contribution in [1.29, 1.82) is 0 Å². The average Bonchev–Trinajstić information content (AvgIpc) is 2.06. The molecule has 0 N–H and O–H groups in total. The predicted octanol–water partition coefficient (Wildman–Crippen LogP) is 2.39. The van der Waals surface area contributed by atoms with Crippen molar-refractivity contribution in [3.05, 3.63) is 30.3 Å². The first kappa shape index (κ1) is 9.69. The molecule has 0 aromatic heterocycles. The van der Waals surface area contributed by atoms with Gasteiger partial charge in [-0.05, 0) is 25.5 Å². The molecule has 1 aromatic carbocycles. The number of para-hydroxylation sites is 1. The molecule has 1 atom stereocenters. The fourth-order valence-electron chi connectivity index (χ4n) is 0.633. The highest BCUT2D eigenvalue weighted by molar-refractivity contribution is 8.43. The van der Waals surface area contributed by atoms with Crippen LogP contribution in [0.25, 0.3) is 0 Å². The molecule has 0 aliphatic carbocycles. The van der Waals surface area contributed by atoms with Crippen molar-refractivity contribution in [2.75, 3.05) is 13.3 Å². The monoisotopic (exact) mass is 202 g/mol. The highest BCUT2D eigenvalue weighted by Gasteiger charge is 2.05. The van der Waals surface area contributed by atoms with Gasteiger partial charge in [-0.3, -0.25) is 0 Å². The number of hydrogen-bond donors (Lipinski definition) is 0. The van der Waals surface area contributed by atoms with Crippen LogP contribution in [0.3, 0.4) is 0 Å². The molecular formula is C8H11O2PS. The Hall–Kier alpha value is -0.400. The second-order valence-corrected chi connectivity index (χ2v) is 7.74. The van der Waals surface area contributed by atoms with E-state index in [-0.39, 0.29) is 0 Å². The summed E-state index contributed by atoms with van der Waals surface area (Å²) in [5, 5.41) is 0. The second-order valence-electron chi connectivity index (χ2n) is 2.43. The van der Waals surface area contributed by atoms with Gasteiger partial charge in [0.15, 0.2) is 0 Å². The third-order valence-corrected chi connectivity index (χ3v) is 4.15. The Bertz CT molecular complexity index is 261. The van der Waals surface area contributed by atoms with E-state index in [1.807, 2.05) is 31.5 Å². The van der Waals surface area contributed by atoms with Gasteiger partial charge in [0.05, 0.1) is 0 Å². The Morgan fingerprint density at radius 2 is 1.83 bits per heavy atom. The zero-order valence-corrected chi connectivity index (χ0v) is 8.77. The molecule has 0 radical (unpaired) electrons. The number of hydrogen-bond acceptors (Lipinski definition) is 2. The topological polar surface area (TPSA) is 26.3 Å². The van der Waals surface area contributed by atoms with Gasteiger partial charge in [-0.1, -0.05) is 18.2 Å². The summed E-state index contributed by atoms with van der Waals surface area (Å²) in [6, 6.07) is 9.23. The third-order valence-electron chi connectivity index (χ3n) is 1.21. The van der Waals surface area contributed by atoms with Crippen LogP contribution in [0.15, 0.2) is 30.3 Å². The van der Waals surface area contributed by atoms with Crippen LogP contribution < -0.4 is 4.18 Å². The SMILES string of the molecule is CP(C)S(=O)Oc1ccccc1. The first-order valence-corrected chi connectivity index (χ1v) is 7.44. The first-order chi connectivity index (χ1) is 5.70. The van der Waals surface area contributed by atoms with Gasteiger partial charge in [0.25, 0.3) is 0 Å². The van der Waals surface area contributed by atoms with Crippen molar-refractivity contribution in [3.8, 4) is 5.75 Å². The minimum atomic E-state index is -1.16. The quantitative estimate of drug-likeness (QED) is 0.703. The number of rotatable bonds is 3. The van der Waals surface area contributed by atoms with E-state index in [1.54, 1.807) is 12.1 Å². The maximum absolute atomic E-state index is 11.2. The Kier molecular flexibility index (Phi) is 3.70.